The van der Waals surface area contributed by atoms with Crippen LogP contribution in [-0.4, -0.2) is 6.61 Å². The molecule has 0 bridgehead atoms. The predicted molar refractivity (Wildman–Crippen MR) is 62.7 cm³/mol. The first-order valence-corrected chi connectivity index (χ1v) is 5.72. The summed E-state index contributed by atoms with van der Waals surface area (Å²) in [4.78, 5) is 0. The van der Waals surface area contributed by atoms with Crippen LogP contribution in [0.5, 0.6) is 5.75 Å². The molecule has 1 heterocycles. The van der Waals surface area contributed by atoms with Crippen molar-refractivity contribution < 1.29 is 4.74 Å². The third-order valence-electron chi connectivity index (χ3n) is 2.10. The van der Waals surface area contributed by atoms with E-state index in [9.17, 15) is 0 Å². The van der Waals surface area contributed by atoms with Gasteiger partial charge < -0.3 is 4.74 Å². The fourth-order valence-corrected chi connectivity index (χ4v) is 2.75. The molecule has 0 spiro atoms. The first-order chi connectivity index (χ1) is 6.70. The highest BCUT2D eigenvalue weighted by atomic mass is 35.5. The van der Waals surface area contributed by atoms with E-state index in [-0.39, 0.29) is 0 Å². The number of aryl methyl sites for hydroxylation is 1. The van der Waals surface area contributed by atoms with Crippen molar-refractivity contribution in [3.8, 4) is 5.75 Å². The van der Waals surface area contributed by atoms with Gasteiger partial charge in [-0.3, -0.25) is 0 Å². The number of benzene rings is 1. The van der Waals surface area contributed by atoms with Crippen LogP contribution in [0.15, 0.2) is 18.2 Å². The predicted octanol–water partition coefficient (Wildman–Crippen LogP) is 4.26. The third kappa shape index (κ3) is 1.72. The van der Waals surface area contributed by atoms with Gasteiger partial charge in [0.15, 0.2) is 0 Å². The van der Waals surface area contributed by atoms with Gasteiger partial charge in [-0.1, -0.05) is 11.6 Å². The average Bonchev–Trinajstić information content (AvgIpc) is 2.47. The summed E-state index contributed by atoms with van der Waals surface area (Å²) < 4.78 is 7.49. The molecule has 0 radical (unpaired) electrons. The summed E-state index contributed by atoms with van der Waals surface area (Å²) >= 11 is 7.55. The van der Waals surface area contributed by atoms with Gasteiger partial charge in [-0.2, -0.15) is 0 Å². The number of rotatable bonds is 2. The van der Waals surface area contributed by atoms with Crippen LogP contribution in [0.3, 0.4) is 0 Å². The summed E-state index contributed by atoms with van der Waals surface area (Å²) in [6.07, 6.45) is 0. The zero-order valence-electron chi connectivity index (χ0n) is 8.13. The zero-order chi connectivity index (χ0) is 10.1. The topological polar surface area (TPSA) is 9.23 Å². The van der Waals surface area contributed by atoms with Crippen molar-refractivity contribution >= 4 is 33.0 Å². The van der Waals surface area contributed by atoms with Crippen LogP contribution in [0.1, 0.15) is 12.5 Å². The summed E-state index contributed by atoms with van der Waals surface area (Å²) in [5, 5.41) is 1.23. The lowest BCUT2D eigenvalue weighted by Gasteiger charge is -2.04. The molecule has 0 atom stereocenters. The van der Waals surface area contributed by atoms with Gasteiger partial charge in [-0.25, -0.2) is 0 Å². The van der Waals surface area contributed by atoms with Crippen molar-refractivity contribution in [1.82, 2.24) is 0 Å². The molecule has 14 heavy (non-hydrogen) atoms. The number of hydrogen-bond acceptors (Lipinski definition) is 2. The van der Waals surface area contributed by atoms with E-state index in [1.54, 1.807) is 11.3 Å². The van der Waals surface area contributed by atoms with Crippen LogP contribution < -0.4 is 4.74 Å². The molecule has 0 aliphatic rings. The fourth-order valence-electron chi connectivity index (χ4n) is 1.50. The van der Waals surface area contributed by atoms with Gasteiger partial charge >= 0.3 is 0 Å². The Labute approximate surface area is 92.3 Å². The van der Waals surface area contributed by atoms with Gasteiger partial charge in [-0.05, 0) is 43.0 Å². The molecule has 1 aromatic heterocycles. The lowest BCUT2D eigenvalue weighted by molar-refractivity contribution is 0.340. The first-order valence-electron chi connectivity index (χ1n) is 4.53. The lowest BCUT2D eigenvalue weighted by Crippen LogP contribution is -1.91. The Hall–Kier alpha value is -0.730. The standard InChI is InChI=1S/C11H11ClOS/c1-3-13-8-4-7(2)9-6-11(12)14-10(9)5-8/h4-6H,3H2,1-2H3. The van der Waals surface area contributed by atoms with Crippen LogP contribution in [0.4, 0.5) is 0 Å². The number of thiophene rings is 1. The SMILES string of the molecule is CCOc1cc(C)c2cc(Cl)sc2c1. The molecule has 0 fully saturated rings. The lowest BCUT2D eigenvalue weighted by atomic mass is 10.1. The fraction of sp³-hybridized carbons (Fsp3) is 0.273. The number of fused-ring (bicyclic) bond motifs is 1. The van der Waals surface area contributed by atoms with Crippen LogP contribution in [0.2, 0.25) is 4.34 Å². The van der Waals surface area contributed by atoms with Crippen molar-refractivity contribution in [2.75, 3.05) is 6.61 Å². The van der Waals surface area contributed by atoms with Crippen molar-refractivity contribution in [2.45, 2.75) is 13.8 Å². The minimum atomic E-state index is 0.698. The van der Waals surface area contributed by atoms with Crippen LogP contribution in [-0.2, 0) is 0 Å². The van der Waals surface area contributed by atoms with Gasteiger partial charge in [0.1, 0.15) is 5.75 Å². The molecule has 0 aliphatic heterocycles. The molecule has 2 aromatic rings. The molecule has 1 nitrogen and oxygen atoms in total. The summed E-state index contributed by atoms with van der Waals surface area (Å²) in [6, 6.07) is 6.10. The minimum Gasteiger partial charge on any atom is -0.494 e. The normalized spacial score (nSPS) is 10.8. The molecule has 2 rings (SSSR count). The molecule has 74 valence electrons. The van der Waals surface area contributed by atoms with Gasteiger partial charge in [0.25, 0.3) is 0 Å². The molecular weight excluding hydrogens is 216 g/mol. The monoisotopic (exact) mass is 226 g/mol. The average molecular weight is 227 g/mol. The molecule has 3 heteroatoms. The Kier molecular flexibility index (Phi) is 2.66. The van der Waals surface area contributed by atoms with Gasteiger partial charge in [0.05, 0.1) is 10.9 Å². The van der Waals surface area contributed by atoms with Crippen molar-refractivity contribution in [3.63, 3.8) is 0 Å². The van der Waals surface area contributed by atoms with Gasteiger partial charge in [0, 0.05) is 4.70 Å². The Balaban J connectivity index is 2.59. The van der Waals surface area contributed by atoms with Crippen LogP contribution in [0, 0.1) is 6.92 Å². The van der Waals surface area contributed by atoms with E-state index < -0.39 is 0 Å². The van der Waals surface area contributed by atoms with E-state index >= 15 is 0 Å². The maximum Gasteiger partial charge on any atom is 0.120 e. The highest BCUT2D eigenvalue weighted by Crippen LogP contribution is 2.34. The molecule has 0 unspecified atom stereocenters. The van der Waals surface area contributed by atoms with E-state index in [1.165, 1.54) is 15.6 Å². The van der Waals surface area contributed by atoms with Gasteiger partial charge in [-0.15, -0.1) is 11.3 Å². The van der Waals surface area contributed by atoms with E-state index in [0.29, 0.717) is 6.61 Å². The zero-order valence-corrected chi connectivity index (χ0v) is 9.71. The molecule has 0 saturated carbocycles. The summed E-state index contributed by atoms with van der Waals surface area (Å²) in [7, 11) is 0. The maximum absolute atomic E-state index is 5.96. The van der Waals surface area contributed by atoms with E-state index in [1.807, 2.05) is 19.1 Å². The minimum absolute atomic E-state index is 0.698. The quantitative estimate of drug-likeness (QED) is 0.744. The molecule has 1 aromatic carbocycles. The molecule has 0 amide bonds. The second-order valence-electron chi connectivity index (χ2n) is 3.14. The maximum atomic E-state index is 5.96. The summed E-state index contributed by atoms with van der Waals surface area (Å²) in [5.74, 6) is 0.927. The molecule has 0 saturated heterocycles. The second kappa shape index (κ2) is 3.79. The van der Waals surface area contributed by atoms with Crippen molar-refractivity contribution in [2.24, 2.45) is 0 Å². The number of hydrogen-bond donors (Lipinski definition) is 0. The van der Waals surface area contributed by atoms with E-state index in [0.717, 1.165) is 10.1 Å². The van der Waals surface area contributed by atoms with Crippen LogP contribution >= 0.6 is 22.9 Å². The Morgan fingerprint density at radius 2 is 2.14 bits per heavy atom. The molecule has 0 N–H and O–H groups in total. The highest BCUT2D eigenvalue weighted by molar-refractivity contribution is 7.22. The van der Waals surface area contributed by atoms with E-state index in [4.69, 9.17) is 16.3 Å². The summed E-state index contributed by atoms with van der Waals surface area (Å²) in [5.41, 5.74) is 1.22. The number of halogens is 1. The highest BCUT2D eigenvalue weighted by Gasteiger charge is 2.05. The van der Waals surface area contributed by atoms with Crippen molar-refractivity contribution in [3.05, 3.63) is 28.1 Å². The number of ether oxygens (including phenoxy) is 1. The Bertz CT molecular complexity index is 462. The first kappa shape index (κ1) is 9.81. The van der Waals surface area contributed by atoms with Crippen LogP contribution in [0.25, 0.3) is 10.1 Å². The smallest absolute Gasteiger partial charge is 0.120 e. The Morgan fingerprint density at radius 1 is 1.36 bits per heavy atom. The molecule has 0 aliphatic carbocycles. The van der Waals surface area contributed by atoms with E-state index in [2.05, 4.69) is 13.0 Å². The second-order valence-corrected chi connectivity index (χ2v) is 4.85. The van der Waals surface area contributed by atoms with Crippen molar-refractivity contribution in [1.29, 1.82) is 0 Å². The molecular formula is C11H11ClOS. The van der Waals surface area contributed by atoms with Gasteiger partial charge in [0.2, 0.25) is 0 Å². The summed E-state index contributed by atoms with van der Waals surface area (Å²) in [6.45, 7) is 4.76. The Morgan fingerprint density at radius 3 is 2.86 bits per heavy atom. The third-order valence-corrected chi connectivity index (χ3v) is 3.31. The largest absolute Gasteiger partial charge is 0.494 e.